The van der Waals surface area contributed by atoms with Gasteiger partial charge < -0.3 is 4.74 Å². The molecular formula is C12H10F3NO3. The molecule has 1 aromatic rings. The summed E-state index contributed by atoms with van der Waals surface area (Å²) in [6.45, 7) is -0.632. The predicted octanol–water partition coefficient (Wildman–Crippen LogP) is 1.53. The first-order valence-electron chi connectivity index (χ1n) is 5.54. The Bertz CT molecular complexity index is 519. The van der Waals surface area contributed by atoms with Gasteiger partial charge in [-0.2, -0.15) is 0 Å². The van der Waals surface area contributed by atoms with E-state index in [9.17, 15) is 22.8 Å². The van der Waals surface area contributed by atoms with Crippen molar-refractivity contribution < 1.29 is 27.5 Å². The molecule has 1 aromatic heterocycles. The molecule has 0 bridgehead atoms. The molecule has 2 rings (SSSR count). The summed E-state index contributed by atoms with van der Waals surface area (Å²) in [5.74, 6) is -6.76. The maximum absolute atomic E-state index is 13.2. The number of carbonyl (C=O) groups is 2. The monoisotopic (exact) mass is 273 g/mol. The molecule has 1 aliphatic rings. The van der Waals surface area contributed by atoms with Crippen LogP contribution in [-0.4, -0.2) is 29.3 Å². The second kappa shape index (κ2) is 4.99. The highest BCUT2D eigenvalue weighted by molar-refractivity contribution is 5.85. The van der Waals surface area contributed by atoms with E-state index in [-0.39, 0.29) is 12.0 Å². The quantitative estimate of drug-likeness (QED) is 0.763. The first-order chi connectivity index (χ1) is 8.90. The minimum absolute atomic E-state index is 0.118. The lowest BCUT2D eigenvalue weighted by atomic mass is 10.1. The zero-order chi connectivity index (χ0) is 14.0. The predicted molar refractivity (Wildman–Crippen MR) is 56.9 cm³/mol. The molecule has 1 fully saturated rings. The van der Waals surface area contributed by atoms with Crippen molar-refractivity contribution in [3.8, 4) is 0 Å². The molecule has 19 heavy (non-hydrogen) atoms. The van der Waals surface area contributed by atoms with Crippen LogP contribution in [0.15, 0.2) is 18.5 Å². The van der Waals surface area contributed by atoms with Crippen molar-refractivity contribution in [1.29, 1.82) is 0 Å². The average molecular weight is 273 g/mol. The minimum Gasteiger partial charge on any atom is -0.457 e. The molecule has 102 valence electrons. The number of nitrogens with zero attached hydrogens (tertiary/aromatic N) is 1. The van der Waals surface area contributed by atoms with Crippen molar-refractivity contribution in [2.45, 2.75) is 18.8 Å². The Balaban J connectivity index is 1.80. The van der Waals surface area contributed by atoms with Crippen LogP contribution in [0.4, 0.5) is 13.2 Å². The van der Waals surface area contributed by atoms with Gasteiger partial charge in [0, 0.05) is 19.0 Å². The van der Waals surface area contributed by atoms with E-state index in [1.165, 1.54) is 12.3 Å². The molecule has 1 saturated carbocycles. The van der Waals surface area contributed by atoms with Gasteiger partial charge in [0.15, 0.2) is 5.78 Å². The zero-order valence-corrected chi connectivity index (χ0v) is 9.74. The van der Waals surface area contributed by atoms with Crippen molar-refractivity contribution >= 4 is 11.8 Å². The van der Waals surface area contributed by atoms with Crippen molar-refractivity contribution in [2.24, 2.45) is 5.92 Å². The minimum atomic E-state index is -3.02. The van der Waals surface area contributed by atoms with Crippen LogP contribution in [0.1, 0.15) is 12.0 Å². The number of halogens is 3. The van der Waals surface area contributed by atoms with Gasteiger partial charge >= 0.3 is 5.97 Å². The van der Waals surface area contributed by atoms with Gasteiger partial charge in [0.05, 0.1) is 6.20 Å². The van der Waals surface area contributed by atoms with E-state index < -0.39 is 42.4 Å². The van der Waals surface area contributed by atoms with E-state index in [0.29, 0.717) is 0 Å². The van der Waals surface area contributed by atoms with Crippen molar-refractivity contribution in [2.75, 3.05) is 6.61 Å². The molecule has 0 spiro atoms. The molecule has 1 heterocycles. The van der Waals surface area contributed by atoms with E-state index in [2.05, 4.69) is 9.72 Å². The van der Waals surface area contributed by atoms with Gasteiger partial charge in [-0.3, -0.25) is 14.6 Å². The third-order valence-corrected chi connectivity index (χ3v) is 2.73. The Kier molecular flexibility index (Phi) is 3.55. The van der Waals surface area contributed by atoms with Gasteiger partial charge in [-0.25, -0.2) is 13.2 Å². The molecule has 0 aliphatic heterocycles. The lowest BCUT2D eigenvalue weighted by molar-refractivity contribution is -0.151. The summed E-state index contributed by atoms with van der Waals surface area (Å²) in [7, 11) is 0. The van der Waals surface area contributed by atoms with E-state index in [1.807, 2.05) is 0 Å². The fourth-order valence-corrected chi connectivity index (χ4v) is 1.53. The van der Waals surface area contributed by atoms with Crippen LogP contribution >= 0.6 is 0 Å². The smallest absolute Gasteiger partial charge is 0.315 e. The van der Waals surface area contributed by atoms with Crippen LogP contribution in [0.5, 0.6) is 0 Å². The molecule has 0 saturated heterocycles. The third kappa shape index (κ3) is 3.30. The summed E-state index contributed by atoms with van der Waals surface area (Å²) in [4.78, 5) is 26.0. The summed E-state index contributed by atoms with van der Waals surface area (Å²) in [5, 5.41) is 0. The number of rotatable bonds is 5. The average Bonchev–Trinajstić information content (AvgIpc) is 2.99. The Labute approximate surface area is 106 Å². The summed E-state index contributed by atoms with van der Waals surface area (Å²) >= 11 is 0. The second-order valence-corrected chi connectivity index (χ2v) is 4.31. The van der Waals surface area contributed by atoms with Gasteiger partial charge in [-0.15, -0.1) is 0 Å². The fourth-order valence-electron chi connectivity index (χ4n) is 1.53. The summed E-state index contributed by atoms with van der Waals surface area (Å²) in [5.41, 5.74) is 0.118. The van der Waals surface area contributed by atoms with Crippen LogP contribution in [0.3, 0.4) is 0 Å². The third-order valence-electron chi connectivity index (χ3n) is 2.73. The van der Waals surface area contributed by atoms with Crippen molar-refractivity contribution in [3.63, 3.8) is 0 Å². The standard InChI is InChI=1S/C12H10F3NO3/c13-10-5-16-2-1-7(10)3-8(17)6-19-11(18)9-4-12(9,14)15/h1-2,5,9H,3-4,6H2. The molecule has 4 nitrogen and oxygen atoms in total. The Morgan fingerprint density at radius 1 is 1.47 bits per heavy atom. The summed E-state index contributed by atoms with van der Waals surface area (Å²) in [6, 6.07) is 1.32. The highest BCUT2D eigenvalue weighted by Crippen LogP contribution is 2.49. The number of esters is 1. The molecule has 0 N–H and O–H groups in total. The van der Waals surface area contributed by atoms with Crippen LogP contribution < -0.4 is 0 Å². The normalized spacial score (nSPS) is 19.8. The van der Waals surface area contributed by atoms with E-state index in [0.717, 1.165) is 6.20 Å². The van der Waals surface area contributed by atoms with E-state index >= 15 is 0 Å². The number of carbonyl (C=O) groups excluding carboxylic acids is 2. The molecule has 0 radical (unpaired) electrons. The van der Waals surface area contributed by atoms with Gasteiger partial charge in [-0.1, -0.05) is 0 Å². The highest BCUT2D eigenvalue weighted by atomic mass is 19.3. The SMILES string of the molecule is O=C(COC(=O)C1CC1(F)F)Cc1ccncc1F. The van der Waals surface area contributed by atoms with Crippen molar-refractivity contribution in [1.82, 2.24) is 4.98 Å². The number of hydrogen-bond donors (Lipinski definition) is 0. The van der Waals surface area contributed by atoms with Crippen LogP contribution in [0, 0.1) is 11.7 Å². The molecular weight excluding hydrogens is 263 g/mol. The van der Waals surface area contributed by atoms with E-state index in [4.69, 9.17) is 0 Å². The topological polar surface area (TPSA) is 56.3 Å². The van der Waals surface area contributed by atoms with Crippen molar-refractivity contribution in [3.05, 3.63) is 29.8 Å². The van der Waals surface area contributed by atoms with Gasteiger partial charge in [-0.05, 0) is 11.6 Å². The number of pyridine rings is 1. The zero-order valence-electron chi connectivity index (χ0n) is 9.74. The highest BCUT2D eigenvalue weighted by Gasteiger charge is 2.62. The Morgan fingerprint density at radius 2 is 2.16 bits per heavy atom. The number of ether oxygens (including phenoxy) is 1. The lowest BCUT2D eigenvalue weighted by Gasteiger charge is -2.04. The number of Topliss-reactive ketones (excluding diaryl/α,β-unsaturated/α-hetero) is 1. The molecule has 7 heteroatoms. The van der Waals surface area contributed by atoms with Gasteiger partial charge in [0.2, 0.25) is 0 Å². The maximum atomic E-state index is 13.2. The molecule has 1 unspecified atom stereocenters. The van der Waals surface area contributed by atoms with E-state index in [1.54, 1.807) is 0 Å². The first kappa shape index (κ1) is 13.5. The van der Waals surface area contributed by atoms with Crippen LogP contribution in [0.25, 0.3) is 0 Å². The summed E-state index contributed by atoms with van der Waals surface area (Å²) < 4.78 is 42.7. The maximum Gasteiger partial charge on any atom is 0.315 e. The number of hydrogen-bond acceptors (Lipinski definition) is 4. The van der Waals surface area contributed by atoms with Crippen LogP contribution in [-0.2, 0) is 20.7 Å². The molecule has 0 amide bonds. The summed E-state index contributed by atoms with van der Waals surface area (Å²) in [6.07, 6.45) is 1.46. The number of aromatic nitrogens is 1. The van der Waals surface area contributed by atoms with Gasteiger partial charge in [0.1, 0.15) is 18.3 Å². The Hall–Kier alpha value is -1.92. The molecule has 1 atom stereocenters. The molecule has 0 aromatic carbocycles. The Morgan fingerprint density at radius 3 is 2.74 bits per heavy atom. The lowest BCUT2D eigenvalue weighted by Crippen LogP contribution is -2.19. The second-order valence-electron chi connectivity index (χ2n) is 4.31. The van der Waals surface area contributed by atoms with Gasteiger partial charge in [0.25, 0.3) is 5.92 Å². The largest absolute Gasteiger partial charge is 0.457 e. The fraction of sp³-hybridized carbons (Fsp3) is 0.417. The number of ketones is 1. The van der Waals surface area contributed by atoms with Crippen LogP contribution in [0.2, 0.25) is 0 Å². The molecule has 1 aliphatic carbocycles. The number of alkyl halides is 2. The first-order valence-corrected chi connectivity index (χ1v) is 5.54.